The van der Waals surface area contributed by atoms with Crippen molar-refractivity contribution in [2.45, 2.75) is 26.3 Å². The summed E-state index contributed by atoms with van der Waals surface area (Å²) in [5.41, 5.74) is 5.50. The lowest BCUT2D eigenvalue weighted by atomic mass is 9.92. The Balaban J connectivity index is 2.40. The van der Waals surface area contributed by atoms with Crippen LogP contribution in [0.3, 0.4) is 0 Å². The van der Waals surface area contributed by atoms with Crippen molar-refractivity contribution in [3.63, 3.8) is 0 Å². The van der Waals surface area contributed by atoms with Gasteiger partial charge < -0.3 is 15.7 Å². The molecule has 0 amide bonds. The van der Waals surface area contributed by atoms with E-state index in [-0.39, 0.29) is 0 Å². The van der Waals surface area contributed by atoms with Crippen LogP contribution in [0.1, 0.15) is 20.3 Å². The standard InChI is InChI=1S/C10H20N2O2/c1-7-3-8(2)5-12(4-7)6-9(11)10(13)14/h7-9H,3-6,11H2,1-2H3,(H,13,14). The van der Waals surface area contributed by atoms with Crippen LogP contribution in [0.4, 0.5) is 0 Å². The second kappa shape index (κ2) is 4.75. The number of nitrogens with zero attached hydrogens (tertiary/aromatic N) is 1. The number of carboxylic acids is 1. The second-order valence-electron chi connectivity index (χ2n) is 4.61. The van der Waals surface area contributed by atoms with Gasteiger partial charge in [-0.1, -0.05) is 13.8 Å². The first-order valence-electron chi connectivity index (χ1n) is 5.19. The Morgan fingerprint density at radius 3 is 2.43 bits per heavy atom. The lowest BCUT2D eigenvalue weighted by molar-refractivity contribution is -0.139. The molecule has 0 aromatic carbocycles. The third-order valence-electron chi connectivity index (χ3n) is 2.72. The zero-order chi connectivity index (χ0) is 10.7. The normalized spacial score (nSPS) is 31.4. The van der Waals surface area contributed by atoms with Crippen LogP contribution < -0.4 is 5.73 Å². The van der Waals surface area contributed by atoms with E-state index in [1.54, 1.807) is 0 Å². The van der Waals surface area contributed by atoms with Crippen LogP contribution in [0.2, 0.25) is 0 Å². The number of hydrogen-bond donors (Lipinski definition) is 2. The number of carbonyl (C=O) groups is 1. The van der Waals surface area contributed by atoms with Crippen LogP contribution in [-0.2, 0) is 4.79 Å². The Labute approximate surface area is 85.1 Å². The molecule has 0 bridgehead atoms. The van der Waals surface area contributed by atoms with Crippen molar-refractivity contribution < 1.29 is 9.90 Å². The molecule has 82 valence electrons. The predicted octanol–water partition coefficient (Wildman–Crippen LogP) is 0.376. The highest BCUT2D eigenvalue weighted by Crippen LogP contribution is 2.20. The molecule has 0 saturated carbocycles. The molecule has 3 unspecified atom stereocenters. The minimum atomic E-state index is -0.907. The van der Waals surface area contributed by atoms with E-state index in [4.69, 9.17) is 10.8 Å². The lowest BCUT2D eigenvalue weighted by Gasteiger charge is -2.35. The summed E-state index contributed by atoms with van der Waals surface area (Å²) in [5.74, 6) is 0.398. The van der Waals surface area contributed by atoms with Gasteiger partial charge in [0.2, 0.25) is 0 Å². The van der Waals surface area contributed by atoms with Crippen molar-refractivity contribution in [3.8, 4) is 0 Å². The third kappa shape index (κ3) is 3.27. The molecule has 0 radical (unpaired) electrons. The van der Waals surface area contributed by atoms with Gasteiger partial charge in [-0.3, -0.25) is 4.79 Å². The van der Waals surface area contributed by atoms with Gasteiger partial charge in [0.15, 0.2) is 0 Å². The Morgan fingerprint density at radius 1 is 1.50 bits per heavy atom. The first-order valence-corrected chi connectivity index (χ1v) is 5.19. The van der Waals surface area contributed by atoms with Crippen LogP contribution in [-0.4, -0.2) is 41.7 Å². The van der Waals surface area contributed by atoms with Gasteiger partial charge in [0.25, 0.3) is 0 Å². The zero-order valence-electron chi connectivity index (χ0n) is 8.94. The topological polar surface area (TPSA) is 66.6 Å². The maximum absolute atomic E-state index is 10.6. The minimum absolute atomic E-state index is 0.476. The SMILES string of the molecule is CC1CC(C)CN(CC(N)C(=O)O)C1. The average Bonchev–Trinajstić information content (AvgIpc) is 2.01. The van der Waals surface area contributed by atoms with E-state index in [1.165, 1.54) is 6.42 Å². The summed E-state index contributed by atoms with van der Waals surface area (Å²) in [4.78, 5) is 12.7. The summed E-state index contributed by atoms with van der Waals surface area (Å²) in [6.07, 6.45) is 1.23. The van der Waals surface area contributed by atoms with Crippen LogP contribution in [0.15, 0.2) is 0 Å². The molecule has 0 aromatic rings. The molecule has 4 nitrogen and oxygen atoms in total. The summed E-state index contributed by atoms with van der Waals surface area (Å²) < 4.78 is 0. The maximum Gasteiger partial charge on any atom is 0.321 e. The van der Waals surface area contributed by atoms with Crippen molar-refractivity contribution >= 4 is 5.97 Å². The first-order chi connectivity index (χ1) is 6.49. The molecule has 1 saturated heterocycles. The van der Waals surface area contributed by atoms with E-state index in [0.717, 1.165) is 13.1 Å². The number of nitrogens with two attached hydrogens (primary N) is 1. The van der Waals surface area contributed by atoms with Gasteiger partial charge in [-0.05, 0) is 18.3 Å². The number of piperidine rings is 1. The fourth-order valence-corrected chi connectivity index (χ4v) is 2.30. The van der Waals surface area contributed by atoms with E-state index >= 15 is 0 Å². The van der Waals surface area contributed by atoms with Gasteiger partial charge in [0, 0.05) is 19.6 Å². The van der Waals surface area contributed by atoms with E-state index in [9.17, 15) is 4.79 Å². The third-order valence-corrected chi connectivity index (χ3v) is 2.72. The van der Waals surface area contributed by atoms with Crippen LogP contribution in [0.5, 0.6) is 0 Å². The summed E-state index contributed by atoms with van der Waals surface area (Å²) in [6.45, 7) is 6.84. The highest BCUT2D eigenvalue weighted by atomic mass is 16.4. The molecule has 4 heteroatoms. The van der Waals surface area contributed by atoms with Gasteiger partial charge in [-0.15, -0.1) is 0 Å². The van der Waals surface area contributed by atoms with E-state index in [0.29, 0.717) is 18.4 Å². The summed E-state index contributed by atoms with van der Waals surface area (Å²) in [5, 5.41) is 8.69. The van der Waals surface area contributed by atoms with E-state index in [1.807, 2.05) is 0 Å². The Hall–Kier alpha value is -0.610. The highest BCUT2D eigenvalue weighted by Gasteiger charge is 2.24. The number of aliphatic carboxylic acids is 1. The van der Waals surface area contributed by atoms with Crippen LogP contribution >= 0.6 is 0 Å². The molecule has 1 rings (SSSR count). The summed E-state index contributed by atoms with van der Waals surface area (Å²) in [6, 6.07) is -0.743. The van der Waals surface area contributed by atoms with Crippen molar-refractivity contribution in [2.24, 2.45) is 17.6 Å². The number of rotatable bonds is 3. The molecular weight excluding hydrogens is 180 g/mol. The summed E-state index contributed by atoms with van der Waals surface area (Å²) in [7, 11) is 0. The molecular formula is C10H20N2O2. The second-order valence-corrected chi connectivity index (χ2v) is 4.61. The van der Waals surface area contributed by atoms with Crippen molar-refractivity contribution in [1.82, 2.24) is 4.90 Å². The van der Waals surface area contributed by atoms with Gasteiger partial charge in [0.1, 0.15) is 6.04 Å². The monoisotopic (exact) mass is 200 g/mol. The van der Waals surface area contributed by atoms with Gasteiger partial charge in [-0.25, -0.2) is 0 Å². The average molecular weight is 200 g/mol. The summed E-state index contributed by atoms with van der Waals surface area (Å²) >= 11 is 0. The van der Waals surface area contributed by atoms with E-state index in [2.05, 4.69) is 18.7 Å². The first kappa shape index (κ1) is 11.5. The molecule has 1 fully saturated rings. The van der Waals surface area contributed by atoms with Gasteiger partial charge in [-0.2, -0.15) is 0 Å². The number of hydrogen-bond acceptors (Lipinski definition) is 3. The quantitative estimate of drug-likeness (QED) is 0.691. The zero-order valence-corrected chi connectivity index (χ0v) is 8.94. The fourth-order valence-electron chi connectivity index (χ4n) is 2.30. The van der Waals surface area contributed by atoms with Gasteiger partial charge in [0.05, 0.1) is 0 Å². The number of likely N-dealkylation sites (tertiary alicyclic amines) is 1. The minimum Gasteiger partial charge on any atom is -0.480 e. The molecule has 1 aliphatic heterocycles. The van der Waals surface area contributed by atoms with E-state index < -0.39 is 12.0 Å². The Bertz CT molecular complexity index is 198. The lowest BCUT2D eigenvalue weighted by Crippen LogP contribution is -2.47. The molecule has 3 N–H and O–H groups in total. The molecule has 0 spiro atoms. The smallest absolute Gasteiger partial charge is 0.321 e. The fraction of sp³-hybridized carbons (Fsp3) is 0.900. The Morgan fingerprint density at radius 2 is 2.00 bits per heavy atom. The largest absolute Gasteiger partial charge is 0.480 e. The molecule has 14 heavy (non-hydrogen) atoms. The molecule has 1 heterocycles. The molecule has 3 atom stereocenters. The van der Waals surface area contributed by atoms with Gasteiger partial charge >= 0.3 is 5.97 Å². The number of carboxylic acid groups (broad SMARTS) is 1. The highest BCUT2D eigenvalue weighted by molar-refractivity contribution is 5.73. The van der Waals surface area contributed by atoms with Crippen molar-refractivity contribution in [1.29, 1.82) is 0 Å². The van der Waals surface area contributed by atoms with Crippen LogP contribution in [0.25, 0.3) is 0 Å². The van der Waals surface area contributed by atoms with Crippen molar-refractivity contribution in [3.05, 3.63) is 0 Å². The molecule has 0 aromatic heterocycles. The Kier molecular flexibility index (Phi) is 3.89. The molecule has 1 aliphatic rings. The van der Waals surface area contributed by atoms with Crippen LogP contribution in [0, 0.1) is 11.8 Å². The van der Waals surface area contributed by atoms with Crippen molar-refractivity contribution in [2.75, 3.05) is 19.6 Å². The maximum atomic E-state index is 10.6. The predicted molar refractivity (Wildman–Crippen MR) is 55.0 cm³/mol. The molecule has 0 aliphatic carbocycles.